The van der Waals surface area contributed by atoms with Crippen LogP contribution in [0.4, 0.5) is 22.0 Å². The van der Waals surface area contributed by atoms with Gasteiger partial charge in [0, 0.05) is 29.4 Å². The van der Waals surface area contributed by atoms with Crippen molar-refractivity contribution in [2.24, 2.45) is 0 Å². The minimum Gasteiger partial charge on any atom is -0.368 e. The minimum absolute atomic E-state index is 0.0490. The predicted molar refractivity (Wildman–Crippen MR) is 121 cm³/mol. The van der Waals surface area contributed by atoms with Crippen LogP contribution in [0, 0.1) is 17.5 Å². The van der Waals surface area contributed by atoms with Crippen LogP contribution < -0.4 is 4.72 Å². The highest BCUT2D eigenvalue weighted by Crippen LogP contribution is 2.38. The maximum Gasteiger partial charge on any atom is 0.283 e. The maximum atomic E-state index is 15.5. The highest BCUT2D eigenvalue weighted by atomic mass is 35.5. The van der Waals surface area contributed by atoms with Gasteiger partial charge in [0.2, 0.25) is 0 Å². The summed E-state index contributed by atoms with van der Waals surface area (Å²) in [5, 5.41) is -0.412. The summed E-state index contributed by atoms with van der Waals surface area (Å²) in [6.07, 6.45) is -0.862. The third-order valence-electron chi connectivity index (χ3n) is 6.21. The lowest BCUT2D eigenvalue weighted by Gasteiger charge is -2.34. The zero-order valence-electron chi connectivity index (χ0n) is 18.5. The summed E-state index contributed by atoms with van der Waals surface area (Å²) in [5.74, 6) is -7.03. The standard InChI is InChI=1S/C23H22ClF5N2O3S/c1-2-35(33)30-21-18(31(11-23(21,28)29)22(32)19-6-7-34-19)8-12-4-3-5-13(20(12)27)14-9-15(24)17(26)10-16(14)25/h3-5,9-10,18-19,21,30H,2,6-8,11H2,1H3/t18-,19+,21?,35?/m0/s1. The van der Waals surface area contributed by atoms with Gasteiger partial charge < -0.3 is 9.64 Å². The fourth-order valence-electron chi connectivity index (χ4n) is 4.28. The molecule has 2 aliphatic rings. The molecule has 0 saturated carbocycles. The van der Waals surface area contributed by atoms with Crippen molar-refractivity contribution in [3.8, 4) is 11.1 Å². The van der Waals surface area contributed by atoms with Crippen LogP contribution in [0.25, 0.3) is 11.1 Å². The third kappa shape index (κ3) is 5.09. The molecule has 12 heteroatoms. The Morgan fingerprint density at radius 3 is 2.57 bits per heavy atom. The minimum atomic E-state index is -3.44. The Morgan fingerprint density at radius 1 is 1.23 bits per heavy atom. The number of hydrogen-bond donors (Lipinski definition) is 1. The van der Waals surface area contributed by atoms with Gasteiger partial charge in [-0.1, -0.05) is 36.7 Å². The maximum absolute atomic E-state index is 15.5. The summed E-state index contributed by atoms with van der Waals surface area (Å²) in [5.41, 5.74) is -0.620. The average molecular weight is 537 g/mol. The first kappa shape index (κ1) is 26.0. The molecule has 2 aliphatic heterocycles. The zero-order chi connectivity index (χ0) is 25.5. The topological polar surface area (TPSA) is 58.6 Å². The van der Waals surface area contributed by atoms with Crippen molar-refractivity contribution in [1.29, 1.82) is 0 Å². The summed E-state index contributed by atoms with van der Waals surface area (Å²) < 4.78 is 93.2. The van der Waals surface area contributed by atoms with Crippen LogP contribution in [-0.4, -0.2) is 58.0 Å². The molecular formula is C23H22ClF5N2O3S. The van der Waals surface area contributed by atoms with Crippen LogP contribution in [0.5, 0.6) is 0 Å². The van der Waals surface area contributed by atoms with E-state index < -0.39 is 70.0 Å². The number of nitrogens with zero attached hydrogens (tertiary/aromatic N) is 1. The number of benzene rings is 2. The number of carbonyl (C=O) groups excluding carboxylic acids is 1. The molecule has 4 rings (SSSR count). The van der Waals surface area contributed by atoms with E-state index in [9.17, 15) is 17.8 Å². The highest BCUT2D eigenvalue weighted by molar-refractivity contribution is 7.83. The van der Waals surface area contributed by atoms with E-state index in [0.29, 0.717) is 19.1 Å². The molecule has 2 unspecified atom stereocenters. The Hall–Kier alpha value is -2.08. The van der Waals surface area contributed by atoms with Crippen molar-refractivity contribution in [3.05, 3.63) is 58.4 Å². The van der Waals surface area contributed by atoms with Gasteiger partial charge in [-0.05, 0) is 18.1 Å². The van der Waals surface area contributed by atoms with E-state index in [0.717, 1.165) is 11.0 Å². The summed E-state index contributed by atoms with van der Waals surface area (Å²) in [7, 11) is -1.81. The van der Waals surface area contributed by atoms with E-state index in [2.05, 4.69) is 4.72 Å². The number of carbonyl (C=O) groups is 1. The molecule has 2 fully saturated rings. The number of hydrogen-bond acceptors (Lipinski definition) is 3. The number of rotatable bonds is 7. The van der Waals surface area contributed by atoms with E-state index in [-0.39, 0.29) is 28.9 Å². The lowest BCUT2D eigenvalue weighted by atomic mass is 9.95. The molecule has 0 radical (unpaired) electrons. The molecule has 1 amide bonds. The van der Waals surface area contributed by atoms with Crippen LogP contribution in [0.1, 0.15) is 18.9 Å². The molecule has 2 saturated heterocycles. The summed E-state index contributed by atoms with van der Waals surface area (Å²) in [6.45, 7) is 0.926. The number of likely N-dealkylation sites (tertiary alicyclic amines) is 1. The molecule has 0 aliphatic carbocycles. The summed E-state index contributed by atoms with van der Waals surface area (Å²) >= 11 is 5.74. The van der Waals surface area contributed by atoms with Crippen molar-refractivity contribution in [1.82, 2.24) is 9.62 Å². The lowest BCUT2D eigenvalue weighted by Crippen LogP contribution is -2.53. The molecule has 0 spiro atoms. The number of halogens is 6. The zero-order valence-corrected chi connectivity index (χ0v) is 20.1. The normalized spacial score (nSPS) is 24.3. The summed E-state index contributed by atoms with van der Waals surface area (Å²) in [6, 6.07) is 2.47. The van der Waals surface area contributed by atoms with Crippen LogP contribution in [-0.2, 0) is 26.9 Å². The fraction of sp³-hybridized carbons (Fsp3) is 0.435. The van der Waals surface area contributed by atoms with Crippen molar-refractivity contribution in [2.45, 2.75) is 43.9 Å². The Morgan fingerprint density at radius 2 is 1.94 bits per heavy atom. The van der Waals surface area contributed by atoms with Gasteiger partial charge in [-0.2, -0.15) is 0 Å². The smallest absolute Gasteiger partial charge is 0.283 e. The predicted octanol–water partition coefficient (Wildman–Crippen LogP) is 4.24. The van der Waals surface area contributed by atoms with E-state index in [1.54, 1.807) is 6.92 Å². The first-order chi connectivity index (χ1) is 16.5. The second-order valence-electron chi connectivity index (χ2n) is 8.40. The van der Waals surface area contributed by atoms with E-state index in [1.807, 2.05) is 0 Å². The molecule has 4 atom stereocenters. The fourth-order valence-corrected chi connectivity index (χ4v) is 5.22. The monoisotopic (exact) mass is 536 g/mol. The number of alkyl halides is 2. The SMILES string of the molecule is CCS(=O)NC1[C@H](Cc2cccc(-c3cc(Cl)c(F)cc3F)c2F)N(C(=O)[C@H]2CCO2)CC1(F)F. The van der Waals surface area contributed by atoms with Crippen molar-refractivity contribution >= 4 is 28.5 Å². The van der Waals surface area contributed by atoms with E-state index in [4.69, 9.17) is 16.3 Å². The van der Waals surface area contributed by atoms with Gasteiger partial charge in [0.05, 0.1) is 35.2 Å². The second kappa shape index (κ2) is 10.1. The molecule has 5 nitrogen and oxygen atoms in total. The van der Waals surface area contributed by atoms with E-state index in [1.165, 1.54) is 18.2 Å². The summed E-state index contributed by atoms with van der Waals surface area (Å²) in [4.78, 5) is 13.8. The molecular weight excluding hydrogens is 515 g/mol. The van der Waals surface area contributed by atoms with Crippen molar-refractivity contribution in [3.63, 3.8) is 0 Å². The molecule has 35 heavy (non-hydrogen) atoms. The van der Waals surface area contributed by atoms with Gasteiger partial charge in [-0.25, -0.2) is 30.9 Å². The number of ether oxygens (including phenoxy) is 1. The van der Waals surface area contributed by atoms with Crippen LogP contribution in [0.2, 0.25) is 5.02 Å². The van der Waals surface area contributed by atoms with Gasteiger partial charge in [-0.15, -0.1) is 0 Å². The van der Waals surface area contributed by atoms with Gasteiger partial charge in [0.1, 0.15) is 29.6 Å². The largest absolute Gasteiger partial charge is 0.368 e. The van der Waals surface area contributed by atoms with Gasteiger partial charge >= 0.3 is 0 Å². The van der Waals surface area contributed by atoms with Crippen LogP contribution in [0.15, 0.2) is 30.3 Å². The molecule has 190 valence electrons. The quantitative estimate of drug-likeness (QED) is 0.425. The van der Waals surface area contributed by atoms with Crippen LogP contribution >= 0.6 is 11.6 Å². The molecule has 0 aromatic heterocycles. The molecule has 2 heterocycles. The Kier molecular flexibility index (Phi) is 7.51. The van der Waals surface area contributed by atoms with Gasteiger partial charge in [-0.3, -0.25) is 4.79 Å². The Balaban J connectivity index is 1.72. The van der Waals surface area contributed by atoms with E-state index >= 15 is 13.2 Å². The first-order valence-corrected chi connectivity index (χ1v) is 12.6. The van der Waals surface area contributed by atoms with Gasteiger partial charge in [0.15, 0.2) is 0 Å². The third-order valence-corrected chi connectivity index (χ3v) is 7.54. The lowest BCUT2D eigenvalue weighted by molar-refractivity contribution is -0.158. The number of amides is 1. The van der Waals surface area contributed by atoms with Gasteiger partial charge in [0.25, 0.3) is 11.8 Å². The Bertz CT molecular complexity index is 1160. The molecule has 2 aromatic rings. The van der Waals surface area contributed by atoms with Crippen molar-refractivity contribution in [2.75, 3.05) is 18.9 Å². The van der Waals surface area contributed by atoms with Crippen molar-refractivity contribution < 1.29 is 35.7 Å². The Labute approximate surface area is 206 Å². The average Bonchev–Trinajstić information content (AvgIpc) is 3.01. The highest BCUT2D eigenvalue weighted by Gasteiger charge is 2.57. The number of nitrogens with one attached hydrogen (secondary N) is 1. The second-order valence-corrected chi connectivity index (χ2v) is 10.3. The first-order valence-electron chi connectivity index (χ1n) is 10.9. The molecule has 1 N–H and O–H groups in total. The molecule has 2 aromatic carbocycles. The van der Waals surface area contributed by atoms with Crippen LogP contribution in [0.3, 0.4) is 0 Å². The molecule has 0 bridgehead atoms.